The Hall–Kier alpha value is -1.10. The van der Waals surface area contributed by atoms with Crippen LogP contribution in [0.5, 0.6) is 0 Å². The minimum atomic E-state index is -1.14. The number of carboxylic acids is 1. The zero-order valence-corrected chi connectivity index (χ0v) is 11.0. The molecule has 2 rings (SSSR count). The molecule has 2 fully saturated rings. The van der Waals surface area contributed by atoms with Crippen molar-refractivity contribution in [2.24, 2.45) is 11.3 Å². The Morgan fingerprint density at radius 1 is 1.39 bits per heavy atom. The Kier molecular flexibility index (Phi) is 3.61. The molecule has 0 aromatic heterocycles. The third kappa shape index (κ3) is 2.00. The molecule has 1 saturated heterocycles. The topological polar surface area (TPSA) is 66.8 Å². The molecule has 1 saturated carbocycles. The lowest BCUT2D eigenvalue weighted by molar-refractivity contribution is -0.169. The largest absolute Gasteiger partial charge is 0.480 e. The molecule has 1 amide bonds. The van der Waals surface area contributed by atoms with Crippen molar-refractivity contribution in [1.29, 1.82) is 0 Å². The average molecular weight is 255 g/mol. The van der Waals surface area contributed by atoms with E-state index in [1.807, 2.05) is 0 Å². The number of nitrogens with zero attached hydrogens (tertiary/aromatic N) is 1. The molecule has 102 valence electrons. The minimum absolute atomic E-state index is 0.0219. The van der Waals surface area contributed by atoms with Crippen LogP contribution in [-0.4, -0.2) is 48.2 Å². The van der Waals surface area contributed by atoms with E-state index in [0.717, 1.165) is 12.8 Å². The third-order valence-electron chi connectivity index (χ3n) is 4.51. The zero-order valence-electron chi connectivity index (χ0n) is 11.0. The molecule has 1 aliphatic carbocycles. The van der Waals surface area contributed by atoms with Gasteiger partial charge in [0.15, 0.2) is 0 Å². The van der Waals surface area contributed by atoms with Crippen LogP contribution in [0.25, 0.3) is 0 Å². The maximum absolute atomic E-state index is 12.4. The van der Waals surface area contributed by atoms with Gasteiger partial charge in [-0.25, -0.2) is 0 Å². The van der Waals surface area contributed by atoms with Crippen molar-refractivity contribution in [3.63, 3.8) is 0 Å². The number of hydrogen-bond donors (Lipinski definition) is 1. The number of amides is 1. The van der Waals surface area contributed by atoms with Crippen molar-refractivity contribution in [3.05, 3.63) is 0 Å². The van der Waals surface area contributed by atoms with Crippen LogP contribution >= 0.6 is 0 Å². The van der Waals surface area contributed by atoms with Crippen molar-refractivity contribution in [3.8, 4) is 0 Å². The minimum Gasteiger partial charge on any atom is -0.480 e. The molecule has 1 aliphatic heterocycles. The van der Waals surface area contributed by atoms with Gasteiger partial charge in [0.1, 0.15) is 5.41 Å². The normalized spacial score (nSPS) is 30.7. The van der Waals surface area contributed by atoms with Crippen molar-refractivity contribution in [2.75, 3.05) is 20.2 Å². The van der Waals surface area contributed by atoms with Crippen molar-refractivity contribution in [1.82, 2.24) is 4.90 Å². The van der Waals surface area contributed by atoms with E-state index in [1.165, 1.54) is 0 Å². The van der Waals surface area contributed by atoms with E-state index in [9.17, 15) is 14.7 Å². The second kappa shape index (κ2) is 4.88. The molecule has 2 atom stereocenters. The molecule has 0 radical (unpaired) electrons. The number of carbonyl (C=O) groups excluding carboxylic acids is 1. The summed E-state index contributed by atoms with van der Waals surface area (Å²) in [6.45, 7) is 3.27. The summed E-state index contributed by atoms with van der Waals surface area (Å²) in [5, 5.41) is 9.28. The highest BCUT2D eigenvalue weighted by Crippen LogP contribution is 2.43. The van der Waals surface area contributed by atoms with Crippen molar-refractivity contribution in [2.45, 2.75) is 38.7 Å². The predicted molar refractivity (Wildman–Crippen MR) is 65.1 cm³/mol. The Labute approximate surface area is 107 Å². The summed E-state index contributed by atoms with van der Waals surface area (Å²) in [4.78, 5) is 25.4. The highest BCUT2D eigenvalue weighted by atomic mass is 16.5. The number of carbonyl (C=O) groups is 2. The van der Waals surface area contributed by atoms with Gasteiger partial charge in [0.2, 0.25) is 5.91 Å². The van der Waals surface area contributed by atoms with Gasteiger partial charge in [-0.1, -0.05) is 13.3 Å². The van der Waals surface area contributed by atoms with Crippen LogP contribution in [0.1, 0.15) is 32.6 Å². The standard InChI is InChI=1S/C13H21NO4/c1-9-4-7-14(8-10(9)18-2)11(15)13(12(16)17)5-3-6-13/h9-10H,3-8H2,1-2H3,(H,16,17). The van der Waals surface area contributed by atoms with Crippen molar-refractivity contribution < 1.29 is 19.4 Å². The number of rotatable bonds is 3. The van der Waals surface area contributed by atoms with Gasteiger partial charge in [-0.3, -0.25) is 9.59 Å². The fourth-order valence-corrected chi connectivity index (χ4v) is 2.88. The molecule has 2 unspecified atom stereocenters. The number of carboxylic acid groups (broad SMARTS) is 1. The quantitative estimate of drug-likeness (QED) is 0.768. The first-order chi connectivity index (χ1) is 8.51. The van der Waals surface area contributed by atoms with Gasteiger partial charge < -0.3 is 14.7 Å². The Morgan fingerprint density at radius 2 is 2.06 bits per heavy atom. The second-order valence-corrected chi connectivity index (χ2v) is 5.53. The van der Waals surface area contributed by atoms with E-state index in [1.54, 1.807) is 12.0 Å². The number of likely N-dealkylation sites (tertiary alicyclic amines) is 1. The third-order valence-corrected chi connectivity index (χ3v) is 4.51. The first kappa shape index (κ1) is 13.3. The molecule has 5 heteroatoms. The van der Waals surface area contributed by atoms with Crippen LogP contribution in [0.4, 0.5) is 0 Å². The highest BCUT2D eigenvalue weighted by Gasteiger charge is 2.53. The van der Waals surface area contributed by atoms with Gasteiger partial charge in [0, 0.05) is 20.2 Å². The van der Waals surface area contributed by atoms with Crippen LogP contribution in [0.15, 0.2) is 0 Å². The Balaban J connectivity index is 2.07. The summed E-state index contributed by atoms with van der Waals surface area (Å²) in [7, 11) is 1.64. The number of ether oxygens (including phenoxy) is 1. The predicted octanol–water partition coefficient (Wildman–Crippen LogP) is 1.12. The Morgan fingerprint density at radius 3 is 2.50 bits per heavy atom. The maximum Gasteiger partial charge on any atom is 0.319 e. The molecule has 1 heterocycles. The number of aliphatic carboxylic acids is 1. The second-order valence-electron chi connectivity index (χ2n) is 5.53. The molecular weight excluding hydrogens is 234 g/mol. The van der Waals surface area contributed by atoms with Crippen LogP contribution in [-0.2, 0) is 14.3 Å². The van der Waals surface area contributed by atoms with Crippen LogP contribution in [0.2, 0.25) is 0 Å². The summed E-state index contributed by atoms with van der Waals surface area (Å²) < 4.78 is 5.37. The fraction of sp³-hybridized carbons (Fsp3) is 0.846. The van der Waals surface area contributed by atoms with Gasteiger partial charge in [-0.15, -0.1) is 0 Å². The number of piperidine rings is 1. The maximum atomic E-state index is 12.4. The van der Waals surface area contributed by atoms with Gasteiger partial charge in [0.05, 0.1) is 6.10 Å². The van der Waals surface area contributed by atoms with E-state index in [2.05, 4.69) is 6.92 Å². The fourth-order valence-electron chi connectivity index (χ4n) is 2.88. The molecule has 5 nitrogen and oxygen atoms in total. The molecule has 0 aromatic carbocycles. The summed E-state index contributed by atoms with van der Waals surface area (Å²) in [6, 6.07) is 0. The smallest absolute Gasteiger partial charge is 0.319 e. The average Bonchev–Trinajstić information content (AvgIpc) is 2.27. The first-order valence-corrected chi connectivity index (χ1v) is 6.57. The summed E-state index contributed by atoms with van der Waals surface area (Å²) in [5.74, 6) is -0.761. The van der Waals surface area contributed by atoms with Gasteiger partial charge in [0.25, 0.3) is 0 Å². The van der Waals surface area contributed by atoms with E-state index in [0.29, 0.717) is 31.8 Å². The lowest BCUT2D eigenvalue weighted by atomic mass is 9.67. The van der Waals surface area contributed by atoms with Crippen LogP contribution in [0, 0.1) is 11.3 Å². The SMILES string of the molecule is COC1CN(C(=O)C2(C(=O)O)CCC2)CCC1C. The summed E-state index contributed by atoms with van der Waals surface area (Å²) in [5.41, 5.74) is -1.14. The molecule has 2 aliphatic rings. The lowest BCUT2D eigenvalue weighted by Crippen LogP contribution is -2.56. The van der Waals surface area contributed by atoms with Crippen molar-refractivity contribution >= 4 is 11.9 Å². The monoisotopic (exact) mass is 255 g/mol. The molecule has 0 bridgehead atoms. The molecular formula is C13H21NO4. The lowest BCUT2D eigenvalue weighted by Gasteiger charge is -2.43. The summed E-state index contributed by atoms with van der Waals surface area (Å²) in [6.07, 6.45) is 2.68. The summed E-state index contributed by atoms with van der Waals surface area (Å²) >= 11 is 0. The number of hydrogen-bond acceptors (Lipinski definition) is 3. The molecule has 18 heavy (non-hydrogen) atoms. The highest BCUT2D eigenvalue weighted by molar-refractivity contribution is 6.02. The zero-order chi connectivity index (χ0) is 13.3. The Bertz CT molecular complexity index is 351. The number of methoxy groups -OCH3 is 1. The van der Waals surface area contributed by atoms with Crippen LogP contribution < -0.4 is 0 Å². The van der Waals surface area contributed by atoms with E-state index >= 15 is 0 Å². The molecule has 0 spiro atoms. The first-order valence-electron chi connectivity index (χ1n) is 6.57. The van der Waals surface area contributed by atoms with Crippen LogP contribution in [0.3, 0.4) is 0 Å². The molecule has 1 N–H and O–H groups in total. The molecule has 0 aromatic rings. The van der Waals surface area contributed by atoms with E-state index in [4.69, 9.17) is 4.74 Å². The van der Waals surface area contributed by atoms with Gasteiger partial charge in [-0.05, 0) is 25.2 Å². The van der Waals surface area contributed by atoms with E-state index < -0.39 is 11.4 Å². The van der Waals surface area contributed by atoms with E-state index in [-0.39, 0.29) is 12.0 Å². The van der Waals surface area contributed by atoms with Gasteiger partial charge in [-0.2, -0.15) is 0 Å². The van der Waals surface area contributed by atoms with Gasteiger partial charge >= 0.3 is 5.97 Å².